The zero-order valence-electron chi connectivity index (χ0n) is 17.1. The molecule has 9 heteroatoms. The molecule has 1 aliphatic rings. The van der Waals surface area contributed by atoms with E-state index in [2.05, 4.69) is 25.9 Å². The number of aliphatic hydroxyl groups is 1. The van der Waals surface area contributed by atoms with Crippen LogP contribution in [0.3, 0.4) is 0 Å². The monoisotopic (exact) mass is 508 g/mol. The van der Waals surface area contributed by atoms with Gasteiger partial charge in [-0.1, -0.05) is 34.1 Å². The molecule has 0 aliphatic carbocycles. The van der Waals surface area contributed by atoms with E-state index in [0.717, 1.165) is 10.0 Å². The molecular weight excluding hydrogens is 492 g/mol. The highest BCUT2D eigenvalue weighted by Crippen LogP contribution is 2.43. The van der Waals surface area contributed by atoms with Crippen molar-refractivity contribution in [1.29, 1.82) is 0 Å². The van der Waals surface area contributed by atoms with Gasteiger partial charge in [0.05, 0.1) is 17.3 Å². The number of halogens is 1. The van der Waals surface area contributed by atoms with Crippen LogP contribution < -0.4 is 4.90 Å². The van der Waals surface area contributed by atoms with Crippen LogP contribution in [0.15, 0.2) is 64.2 Å². The fourth-order valence-corrected chi connectivity index (χ4v) is 5.11. The minimum atomic E-state index is -0.830. The number of hydrogen-bond acceptors (Lipinski definition) is 6. The van der Waals surface area contributed by atoms with Gasteiger partial charge in [-0.3, -0.25) is 14.5 Å². The van der Waals surface area contributed by atoms with E-state index in [1.165, 1.54) is 16.2 Å². The van der Waals surface area contributed by atoms with Gasteiger partial charge in [-0.25, -0.2) is 9.97 Å². The van der Waals surface area contributed by atoms with Crippen molar-refractivity contribution < 1.29 is 14.7 Å². The summed E-state index contributed by atoms with van der Waals surface area (Å²) in [6.45, 7) is 3.74. The highest BCUT2D eigenvalue weighted by Gasteiger charge is 2.48. The number of aliphatic hydroxyl groups excluding tert-OH is 1. The van der Waals surface area contributed by atoms with E-state index in [4.69, 9.17) is 0 Å². The largest absolute Gasteiger partial charge is 0.505 e. The van der Waals surface area contributed by atoms with E-state index < -0.39 is 17.7 Å². The molecule has 1 aliphatic heterocycles. The Bertz CT molecular complexity index is 1420. The smallest absolute Gasteiger partial charge is 0.301 e. The SMILES string of the molecule is Cc1cccn2c(C)c(/C(O)=C3\C(=O)C(=O)N(c4nccs4)C3c3cccc(Br)c3)nc12. The van der Waals surface area contributed by atoms with Crippen LogP contribution in [0.1, 0.15) is 28.6 Å². The van der Waals surface area contributed by atoms with Gasteiger partial charge in [0.15, 0.2) is 10.9 Å². The molecule has 0 bridgehead atoms. The zero-order valence-corrected chi connectivity index (χ0v) is 19.5. The Morgan fingerprint density at radius 3 is 2.69 bits per heavy atom. The topological polar surface area (TPSA) is 87.8 Å². The number of hydrogen-bond donors (Lipinski definition) is 1. The summed E-state index contributed by atoms with van der Waals surface area (Å²) in [5.74, 6) is -1.80. The molecule has 7 nitrogen and oxygen atoms in total. The molecule has 0 spiro atoms. The van der Waals surface area contributed by atoms with Crippen molar-refractivity contribution in [3.8, 4) is 0 Å². The van der Waals surface area contributed by atoms with Gasteiger partial charge in [0.25, 0.3) is 5.78 Å². The minimum absolute atomic E-state index is 0.00698. The summed E-state index contributed by atoms with van der Waals surface area (Å²) in [4.78, 5) is 36.5. The quantitative estimate of drug-likeness (QED) is 0.244. The first-order chi connectivity index (χ1) is 15.4. The Hall–Kier alpha value is -3.30. The molecule has 1 fully saturated rings. The van der Waals surface area contributed by atoms with Crippen molar-refractivity contribution >= 4 is 55.5 Å². The van der Waals surface area contributed by atoms with E-state index in [-0.39, 0.29) is 17.0 Å². The molecule has 160 valence electrons. The molecule has 1 amide bonds. The number of nitrogens with zero attached hydrogens (tertiary/aromatic N) is 4. The van der Waals surface area contributed by atoms with Crippen molar-refractivity contribution in [1.82, 2.24) is 14.4 Å². The van der Waals surface area contributed by atoms with E-state index in [1.807, 2.05) is 60.8 Å². The fourth-order valence-electron chi connectivity index (χ4n) is 4.03. The van der Waals surface area contributed by atoms with Crippen LogP contribution >= 0.6 is 27.3 Å². The number of imidazole rings is 1. The lowest BCUT2D eigenvalue weighted by Crippen LogP contribution is -2.29. The Morgan fingerprint density at radius 1 is 1.19 bits per heavy atom. The zero-order chi connectivity index (χ0) is 22.6. The lowest BCUT2D eigenvalue weighted by molar-refractivity contribution is -0.132. The van der Waals surface area contributed by atoms with Crippen LogP contribution in [0.25, 0.3) is 11.4 Å². The third-order valence-corrected chi connectivity index (χ3v) is 6.81. The number of anilines is 1. The van der Waals surface area contributed by atoms with Gasteiger partial charge in [-0.15, -0.1) is 11.3 Å². The van der Waals surface area contributed by atoms with E-state index >= 15 is 0 Å². The second kappa shape index (κ2) is 7.68. The molecule has 1 aromatic carbocycles. The van der Waals surface area contributed by atoms with Gasteiger partial charge in [0.2, 0.25) is 0 Å². The Labute approximate surface area is 195 Å². The van der Waals surface area contributed by atoms with Gasteiger partial charge in [-0.2, -0.15) is 0 Å². The normalized spacial score (nSPS) is 18.1. The number of rotatable bonds is 3. The molecule has 4 aromatic rings. The second-order valence-electron chi connectivity index (χ2n) is 7.47. The molecule has 1 N–H and O–H groups in total. The number of ketones is 1. The molecule has 1 unspecified atom stereocenters. The third-order valence-electron chi connectivity index (χ3n) is 5.54. The first-order valence-corrected chi connectivity index (χ1v) is 11.5. The van der Waals surface area contributed by atoms with Crippen LogP contribution in [0.2, 0.25) is 0 Å². The van der Waals surface area contributed by atoms with Crippen LogP contribution in [-0.4, -0.2) is 31.2 Å². The number of benzene rings is 1. The molecule has 0 radical (unpaired) electrons. The number of Topliss-reactive ketones (excluding diaryl/α,β-unsaturated/α-hetero) is 1. The van der Waals surface area contributed by atoms with Crippen LogP contribution in [0.4, 0.5) is 5.13 Å². The van der Waals surface area contributed by atoms with Crippen LogP contribution in [0, 0.1) is 13.8 Å². The Kier molecular flexibility index (Phi) is 4.94. The van der Waals surface area contributed by atoms with Crippen molar-refractivity contribution in [2.24, 2.45) is 0 Å². The van der Waals surface area contributed by atoms with E-state index in [9.17, 15) is 14.7 Å². The first kappa shape index (κ1) is 20.6. The predicted molar refractivity (Wildman–Crippen MR) is 126 cm³/mol. The maximum Gasteiger partial charge on any atom is 0.301 e. The molecule has 0 saturated carbocycles. The van der Waals surface area contributed by atoms with Crippen molar-refractivity contribution in [2.45, 2.75) is 19.9 Å². The first-order valence-electron chi connectivity index (χ1n) is 9.79. The van der Waals surface area contributed by atoms with Gasteiger partial charge in [0.1, 0.15) is 11.3 Å². The second-order valence-corrected chi connectivity index (χ2v) is 9.26. The summed E-state index contributed by atoms with van der Waals surface area (Å²) in [7, 11) is 0. The molecular formula is C23H17BrN4O3S. The summed E-state index contributed by atoms with van der Waals surface area (Å²) >= 11 is 4.71. The highest BCUT2D eigenvalue weighted by atomic mass is 79.9. The van der Waals surface area contributed by atoms with Crippen molar-refractivity contribution in [2.75, 3.05) is 4.90 Å². The molecule has 5 rings (SSSR count). The molecule has 32 heavy (non-hydrogen) atoms. The predicted octanol–water partition coefficient (Wildman–Crippen LogP) is 4.80. The van der Waals surface area contributed by atoms with E-state index in [1.54, 1.807) is 11.6 Å². The molecule has 4 heterocycles. The number of carbonyl (C=O) groups is 2. The van der Waals surface area contributed by atoms with Crippen molar-refractivity contribution in [3.05, 3.63) is 86.7 Å². The van der Waals surface area contributed by atoms with Gasteiger partial charge < -0.3 is 9.51 Å². The number of amides is 1. The molecule has 3 aromatic heterocycles. The summed E-state index contributed by atoms with van der Waals surface area (Å²) in [5.41, 5.74) is 3.23. The maximum absolute atomic E-state index is 13.2. The summed E-state index contributed by atoms with van der Waals surface area (Å²) < 4.78 is 2.65. The van der Waals surface area contributed by atoms with Gasteiger partial charge >= 0.3 is 5.91 Å². The number of carbonyl (C=O) groups excluding carboxylic acids is 2. The summed E-state index contributed by atoms with van der Waals surface area (Å²) in [5, 5.41) is 13.5. The lowest BCUT2D eigenvalue weighted by atomic mass is 9.96. The molecule has 1 saturated heterocycles. The third kappa shape index (κ3) is 3.08. The van der Waals surface area contributed by atoms with Crippen LogP contribution in [-0.2, 0) is 9.59 Å². The van der Waals surface area contributed by atoms with Crippen molar-refractivity contribution in [3.63, 3.8) is 0 Å². The Morgan fingerprint density at radius 2 is 2.00 bits per heavy atom. The lowest BCUT2D eigenvalue weighted by Gasteiger charge is -2.23. The van der Waals surface area contributed by atoms with E-state index in [0.29, 0.717) is 22.0 Å². The average Bonchev–Trinajstić information content (AvgIpc) is 3.47. The molecule has 1 atom stereocenters. The summed E-state index contributed by atoms with van der Waals surface area (Å²) in [6, 6.07) is 10.3. The number of thiazole rings is 1. The summed E-state index contributed by atoms with van der Waals surface area (Å²) in [6.07, 6.45) is 3.42. The standard InChI is InChI=1S/C23H17BrN4O3S/c1-12-5-4-9-27-13(2)17(26-21(12)27)19(29)16-18(14-6-3-7-15(24)11-14)28(22(31)20(16)30)23-25-8-10-32-23/h3-11,18,29H,1-2H3/b19-16+. The Balaban J connectivity index is 1.78. The highest BCUT2D eigenvalue weighted by molar-refractivity contribution is 9.10. The number of pyridine rings is 1. The van der Waals surface area contributed by atoms with Gasteiger partial charge in [-0.05, 0) is 43.2 Å². The van der Waals surface area contributed by atoms with Gasteiger partial charge in [0, 0.05) is 22.2 Å². The fraction of sp³-hybridized carbons (Fsp3) is 0.130. The average molecular weight is 509 g/mol. The number of fused-ring (bicyclic) bond motifs is 1. The minimum Gasteiger partial charge on any atom is -0.505 e. The maximum atomic E-state index is 13.2. The van der Waals surface area contributed by atoms with Crippen LogP contribution in [0.5, 0.6) is 0 Å². The number of aryl methyl sites for hydroxylation is 2. The number of aromatic nitrogens is 3.